The molecule has 3 N–H and O–H groups in total. The van der Waals surface area contributed by atoms with E-state index in [-0.39, 0.29) is 19.3 Å². The summed E-state index contributed by atoms with van der Waals surface area (Å²) in [6.07, 6.45) is 0.497. The molecule has 0 aliphatic carbocycles. The number of aromatic nitrogens is 2. The zero-order valence-electron chi connectivity index (χ0n) is 14.2. The van der Waals surface area contributed by atoms with Crippen molar-refractivity contribution < 1.29 is 28.6 Å². The van der Waals surface area contributed by atoms with Gasteiger partial charge in [0.25, 0.3) is 5.56 Å². The largest absolute Gasteiger partial charge is 0.380 e. The number of hydrogen-bond donors (Lipinski definition) is 3. The highest BCUT2D eigenvalue weighted by molar-refractivity contribution is 7.55. The lowest BCUT2D eigenvalue weighted by Crippen LogP contribution is -2.36. The highest BCUT2D eigenvalue weighted by atomic mass is 31.2. The number of rotatable bonds is 10. The maximum absolute atomic E-state index is 11.9. The van der Waals surface area contributed by atoms with Crippen LogP contribution in [-0.4, -0.2) is 51.9 Å². The Morgan fingerprint density at radius 1 is 1.32 bits per heavy atom. The lowest BCUT2D eigenvalue weighted by Gasteiger charge is -2.24. The van der Waals surface area contributed by atoms with Crippen molar-refractivity contribution >= 4 is 7.60 Å². The molecule has 1 heterocycles. The van der Waals surface area contributed by atoms with Gasteiger partial charge in [0.15, 0.2) is 6.23 Å². The highest BCUT2D eigenvalue weighted by Gasteiger charge is 2.20. The third-order valence-electron chi connectivity index (χ3n) is 2.89. The summed E-state index contributed by atoms with van der Waals surface area (Å²) in [7, 11) is -2.98. The number of nitrogens with zero attached hydrogens (tertiary/aromatic N) is 1. The Morgan fingerprint density at radius 3 is 2.52 bits per heavy atom. The molecule has 142 valence electrons. The van der Waals surface area contributed by atoms with Crippen LogP contribution in [0, 0.1) is 0 Å². The van der Waals surface area contributed by atoms with Gasteiger partial charge in [0.1, 0.15) is 6.10 Å². The van der Waals surface area contributed by atoms with Gasteiger partial charge in [-0.1, -0.05) is 0 Å². The van der Waals surface area contributed by atoms with Crippen molar-refractivity contribution in [2.75, 3.05) is 20.3 Å². The fraction of sp³-hybridized carbons (Fsp3) is 0.571. The molecule has 0 bridgehead atoms. The van der Waals surface area contributed by atoms with Crippen molar-refractivity contribution in [3.8, 4) is 0 Å². The van der Waals surface area contributed by atoms with Crippen molar-refractivity contribution in [2.24, 2.45) is 0 Å². The number of nitrogens with one attached hydrogen (secondary N) is 1. The molecule has 0 radical (unpaired) electrons. The molecule has 0 aromatic carbocycles. The van der Waals surface area contributed by atoms with Crippen molar-refractivity contribution in [2.45, 2.75) is 32.3 Å². The molecule has 0 spiro atoms. The third-order valence-corrected chi connectivity index (χ3v) is 3.45. The van der Waals surface area contributed by atoms with Gasteiger partial charge in [-0.25, -0.2) is 4.79 Å². The topological polar surface area (TPSA) is 140 Å². The molecule has 0 amide bonds. The Kier molecular flexibility index (Phi) is 8.43. The molecule has 11 heteroatoms. The van der Waals surface area contributed by atoms with Crippen molar-refractivity contribution in [1.82, 2.24) is 9.55 Å². The van der Waals surface area contributed by atoms with Crippen molar-refractivity contribution in [3.63, 3.8) is 0 Å². The summed E-state index contributed by atoms with van der Waals surface area (Å²) in [6, 6.07) is 1.15. The number of methoxy groups -OCH3 is 1. The molecule has 1 aromatic heterocycles. The molecular weight excluding hydrogens is 355 g/mol. The van der Waals surface area contributed by atoms with Crippen LogP contribution in [0.3, 0.4) is 0 Å². The van der Waals surface area contributed by atoms with Crippen LogP contribution in [-0.2, 0) is 18.8 Å². The van der Waals surface area contributed by atoms with E-state index in [1.165, 1.54) is 19.4 Å². The summed E-state index contributed by atoms with van der Waals surface area (Å²) in [4.78, 5) is 43.2. The van der Waals surface area contributed by atoms with Crippen LogP contribution >= 0.6 is 7.60 Å². The molecule has 0 unspecified atom stereocenters. The van der Waals surface area contributed by atoms with E-state index >= 15 is 0 Å². The van der Waals surface area contributed by atoms with Gasteiger partial charge in [-0.2, -0.15) is 0 Å². The van der Waals surface area contributed by atoms with Crippen LogP contribution in [0.15, 0.2) is 33.7 Å². The van der Waals surface area contributed by atoms with Crippen molar-refractivity contribution in [3.05, 3.63) is 45.0 Å². The van der Waals surface area contributed by atoms with E-state index in [4.69, 9.17) is 24.0 Å². The summed E-state index contributed by atoms with van der Waals surface area (Å²) in [6.45, 7) is 3.56. The fourth-order valence-corrected chi connectivity index (χ4v) is 2.24. The second kappa shape index (κ2) is 9.81. The average molecular weight is 378 g/mol. The Labute approximate surface area is 144 Å². The first-order chi connectivity index (χ1) is 11.6. The first-order valence-electron chi connectivity index (χ1n) is 7.44. The van der Waals surface area contributed by atoms with E-state index in [0.717, 1.165) is 10.6 Å². The predicted molar refractivity (Wildman–Crippen MR) is 89.4 cm³/mol. The van der Waals surface area contributed by atoms with E-state index in [9.17, 15) is 14.2 Å². The number of H-pyrrole nitrogens is 1. The normalized spacial score (nSPS) is 15.0. The molecule has 1 rings (SSSR count). The fourth-order valence-electron chi connectivity index (χ4n) is 1.82. The van der Waals surface area contributed by atoms with Crippen LogP contribution in [0.1, 0.15) is 20.1 Å². The molecular formula is C14H23N2O8P. The molecule has 0 fully saturated rings. The van der Waals surface area contributed by atoms with Crippen molar-refractivity contribution in [1.29, 1.82) is 0 Å². The van der Waals surface area contributed by atoms with Gasteiger partial charge in [-0.05, 0) is 19.9 Å². The minimum Gasteiger partial charge on any atom is -0.380 e. The van der Waals surface area contributed by atoms with E-state index < -0.39 is 31.2 Å². The van der Waals surface area contributed by atoms with E-state index in [1.807, 2.05) is 0 Å². The van der Waals surface area contributed by atoms with E-state index in [1.54, 1.807) is 13.8 Å². The predicted octanol–water partition coefficient (Wildman–Crippen LogP) is 0.183. The number of aromatic amines is 1. The van der Waals surface area contributed by atoms with Crippen LogP contribution in [0.5, 0.6) is 0 Å². The van der Waals surface area contributed by atoms with Gasteiger partial charge < -0.3 is 24.0 Å². The molecule has 10 nitrogen and oxygen atoms in total. The van der Waals surface area contributed by atoms with Gasteiger partial charge in [-0.3, -0.25) is 18.9 Å². The lowest BCUT2D eigenvalue weighted by molar-refractivity contribution is -0.102. The number of hydrogen-bond acceptors (Lipinski definition) is 6. The van der Waals surface area contributed by atoms with Crippen LogP contribution in [0.25, 0.3) is 0 Å². The third kappa shape index (κ3) is 8.39. The first kappa shape index (κ1) is 21.5. The monoisotopic (exact) mass is 378 g/mol. The second-order valence-corrected chi connectivity index (χ2v) is 6.89. The van der Waals surface area contributed by atoms with E-state index in [0.29, 0.717) is 5.82 Å². The molecule has 0 aliphatic rings. The molecule has 0 saturated heterocycles. The van der Waals surface area contributed by atoms with Gasteiger partial charge in [-0.15, -0.1) is 0 Å². The zero-order valence-corrected chi connectivity index (χ0v) is 15.1. The highest BCUT2D eigenvalue weighted by Crippen LogP contribution is 2.36. The second-order valence-electron chi connectivity index (χ2n) is 5.41. The molecule has 2 atom stereocenters. The standard InChI is InChI=1S/C14H23N2O8P/c1-10(2)23-8-11(5-7-25(19,20)21)24-13(9-22-3)16-6-4-12(17)15-14(16)18/h4-7,10-11,13H,8-9H2,1-3H3,(H,15,17,18)(H2,19,20,21)/b7-5+/t11-,13-/m1/s1. The minimum absolute atomic E-state index is 0.00643. The lowest BCUT2D eigenvalue weighted by atomic mass is 10.3. The van der Waals surface area contributed by atoms with Gasteiger partial charge in [0.2, 0.25) is 0 Å². The van der Waals surface area contributed by atoms with Gasteiger partial charge >= 0.3 is 13.3 Å². The number of ether oxygens (including phenoxy) is 3. The summed E-state index contributed by atoms with van der Waals surface area (Å²) < 4.78 is 28.3. The Balaban J connectivity index is 3.05. The summed E-state index contributed by atoms with van der Waals surface area (Å²) in [5.74, 6) is 0.709. The quantitative estimate of drug-likeness (QED) is 0.490. The Morgan fingerprint density at radius 2 is 2.00 bits per heavy atom. The van der Waals surface area contributed by atoms with Gasteiger partial charge in [0, 0.05) is 25.2 Å². The van der Waals surface area contributed by atoms with Crippen LogP contribution < -0.4 is 11.2 Å². The molecule has 25 heavy (non-hydrogen) atoms. The summed E-state index contributed by atoms with van der Waals surface area (Å²) >= 11 is 0. The SMILES string of the molecule is COC[C@@H](O[C@H](/C=C/P(=O)(O)O)COC(C)C)n1ccc(=O)[nH]c1=O. The Hall–Kier alpha value is -1.55. The first-order valence-corrected chi connectivity index (χ1v) is 9.12. The average Bonchev–Trinajstić information content (AvgIpc) is 2.48. The van der Waals surface area contributed by atoms with E-state index in [2.05, 4.69) is 4.98 Å². The molecule has 1 aromatic rings. The van der Waals surface area contributed by atoms with Crippen LogP contribution in [0.4, 0.5) is 0 Å². The van der Waals surface area contributed by atoms with Crippen LogP contribution in [0.2, 0.25) is 0 Å². The summed E-state index contributed by atoms with van der Waals surface area (Å²) in [5, 5.41) is 0. The summed E-state index contributed by atoms with van der Waals surface area (Å²) in [5.41, 5.74) is -1.25. The Bertz CT molecular complexity index is 720. The smallest absolute Gasteiger partial charge is 0.348 e. The van der Waals surface area contributed by atoms with Gasteiger partial charge in [0.05, 0.1) is 19.3 Å². The minimum atomic E-state index is -4.38. The molecule has 0 saturated carbocycles. The molecule has 0 aliphatic heterocycles. The maximum atomic E-state index is 11.9. The maximum Gasteiger partial charge on any atom is 0.348 e. The zero-order chi connectivity index (χ0) is 19.0.